The maximum absolute atomic E-state index is 11.6. The Morgan fingerprint density at radius 1 is 1.20 bits per heavy atom. The third-order valence-electron chi connectivity index (χ3n) is 1.60. The highest BCUT2D eigenvalue weighted by molar-refractivity contribution is 9.09. The van der Waals surface area contributed by atoms with Gasteiger partial charge < -0.3 is 4.74 Å². The van der Waals surface area contributed by atoms with Crippen LogP contribution in [0.25, 0.3) is 0 Å². The molecule has 0 aromatic rings. The van der Waals surface area contributed by atoms with E-state index in [1.807, 2.05) is 0 Å². The molecule has 0 aromatic carbocycles. The smallest absolute Gasteiger partial charge is 0.372 e. The van der Waals surface area contributed by atoms with Crippen LogP contribution in [-0.2, 0) is 9.53 Å². The molecular weight excluding hydrogens is 277 g/mol. The molecule has 0 saturated carbocycles. The summed E-state index contributed by atoms with van der Waals surface area (Å²) in [5.41, 5.74) is 0. The molecule has 0 heterocycles. The van der Waals surface area contributed by atoms with Crippen LogP contribution >= 0.6 is 15.9 Å². The first-order chi connectivity index (χ1) is 6.95. The molecule has 0 radical (unpaired) electrons. The second-order valence-corrected chi connectivity index (χ2v) is 3.90. The summed E-state index contributed by atoms with van der Waals surface area (Å²) in [5.74, 6) is 0.0741. The van der Waals surface area contributed by atoms with Crippen molar-refractivity contribution >= 4 is 21.7 Å². The van der Waals surface area contributed by atoms with Crippen molar-refractivity contribution < 1.29 is 22.7 Å². The van der Waals surface area contributed by atoms with Gasteiger partial charge in [0.25, 0.3) is 0 Å². The van der Waals surface area contributed by atoms with Crippen molar-refractivity contribution in [1.82, 2.24) is 0 Å². The normalized spacial score (nSPS) is 11.7. The fourth-order valence-electron chi connectivity index (χ4n) is 0.948. The molecular formula is C9H14BrF3O2. The van der Waals surface area contributed by atoms with Gasteiger partial charge in [-0.15, -0.1) is 0 Å². The number of rotatable bonds is 8. The SMILES string of the molecule is O=C(CCCBr)CCCOCC(F)(F)F. The number of alkyl halides is 4. The van der Waals surface area contributed by atoms with Crippen molar-refractivity contribution in [2.45, 2.75) is 31.9 Å². The van der Waals surface area contributed by atoms with E-state index in [2.05, 4.69) is 20.7 Å². The van der Waals surface area contributed by atoms with Crippen molar-refractivity contribution in [3.63, 3.8) is 0 Å². The van der Waals surface area contributed by atoms with Crippen molar-refractivity contribution in [3.8, 4) is 0 Å². The Kier molecular flexibility index (Phi) is 8.04. The molecule has 0 aromatic heterocycles. The topological polar surface area (TPSA) is 26.3 Å². The van der Waals surface area contributed by atoms with Crippen LogP contribution in [0.15, 0.2) is 0 Å². The molecule has 2 nitrogen and oxygen atoms in total. The molecule has 6 heteroatoms. The number of ketones is 1. The van der Waals surface area contributed by atoms with Crippen LogP contribution in [0.3, 0.4) is 0 Å². The Morgan fingerprint density at radius 3 is 2.33 bits per heavy atom. The van der Waals surface area contributed by atoms with Gasteiger partial charge in [0.15, 0.2) is 0 Å². The third-order valence-corrected chi connectivity index (χ3v) is 2.16. The highest BCUT2D eigenvalue weighted by Gasteiger charge is 2.27. The van der Waals surface area contributed by atoms with E-state index in [1.54, 1.807) is 0 Å². The van der Waals surface area contributed by atoms with Crippen LogP contribution in [0.2, 0.25) is 0 Å². The van der Waals surface area contributed by atoms with Crippen molar-refractivity contribution in [1.29, 1.82) is 0 Å². The quantitative estimate of drug-likeness (QED) is 0.507. The maximum atomic E-state index is 11.6. The van der Waals surface area contributed by atoms with E-state index in [1.165, 1.54) is 0 Å². The summed E-state index contributed by atoms with van der Waals surface area (Å²) in [7, 11) is 0. The van der Waals surface area contributed by atoms with Gasteiger partial charge >= 0.3 is 6.18 Å². The predicted molar refractivity (Wildman–Crippen MR) is 54.1 cm³/mol. The van der Waals surface area contributed by atoms with Gasteiger partial charge in [-0.1, -0.05) is 15.9 Å². The number of hydrogen-bond acceptors (Lipinski definition) is 2. The molecule has 0 atom stereocenters. The molecule has 15 heavy (non-hydrogen) atoms. The lowest BCUT2D eigenvalue weighted by atomic mass is 10.1. The van der Waals surface area contributed by atoms with Gasteiger partial charge in [-0.2, -0.15) is 13.2 Å². The summed E-state index contributed by atoms with van der Waals surface area (Å²) in [5, 5.41) is 0.767. The molecule has 0 bridgehead atoms. The first-order valence-electron chi connectivity index (χ1n) is 4.68. The Hall–Kier alpha value is -0.100. The van der Waals surface area contributed by atoms with Gasteiger partial charge in [0.05, 0.1) is 0 Å². The minimum atomic E-state index is -4.28. The Labute approximate surface area is 95.3 Å². The largest absolute Gasteiger partial charge is 0.411 e. The number of Topliss-reactive ketones (excluding diaryl/α,β-unsaturated/α-hetero) is 1. The van der Waals surface area contributed by atoms with Crippen molar-refractivity contribution in [2.75, 3.05) is 18.5 Å². The first-order valence-corrected chi connectivity index (χ1v) is 5.80. The summed E-state index contributed by atoms with van der Waals surface area (Å²) in [6.07, 6.45) is -2.38. The lowest BCUT2D eigenvalue weighted by molar-refractivity contribution is -0.174. The zero-order valence-corrected chi connectivity index (χ0v) is 9.86. The van der Waals surface area contributed by atoms with Gasteiger partial charge in [0.1, 0.15) is 12.4 Å². The fraction of sp³-hybridized carbons (Fsp3) is 0.889. The highest BCUT2D eigenvalue weighted by Crippen LogP contribution is 2.14. The van der Waals surface area contributed by atoms with Crippen LogP contribution in [0.5, 0.6) is 0 Å². The molecule has 0 rings (SSSR count). The van der Waals surface area contributed by atoms with E-state index < -0.39 is 12.8 Å². The number of ether oxygens (including phenoxy) is 1. The summed E-state index contributed by atoms with van der Waals surface area (Å²) in [6.45, 7) is -1.25. The van der Waals surface area contributed by atoms with Crippen molar-refractivity contribution in [3.05, 3.63) is 0 Å². The van der Waals surface area contributed by atoms with Crippen LogP contribution in [-0.4, -0.2) is 30.5 Å². The third kappa shape index (κ3) is 11.8. The standard InChI is InChI=1S/C9H14BrF3O2/c10-5-1-3-8(14)4-2-6-15-7-9(11,12)13/h1-7H2. The van der Waals surface area contributed by atoms with Gasteiger partial charge in [-0.25, -0.2) is 0 Å². The van der Waals surface area contributed by atoms with E-state index in [0.29, 0.717) is 19.3 Å². The van der Waals surface area contributed by atoms with E-state index >= 15 is 0 Å². The van der Waals surface area contributed by atoms with Crippen LogP contribution in [0.1, 0.15) is 25.7 Å². The molecule has 0 aliphatic rings. The highest BCUT2D eigenvalue weighted by atomic mass is 79.9. The second-order valence-electron chi connectivity index (χ2n) is 3.10. The number of halogens is 4. The van der Waals surface area contributed by atoms with Crippen LogP contribution in [0, 0.1) is 0 Å². The number of carbonyl (C=O) groups is 1. The van der Waals surface area contributed by atoms with Crippen LogP contribution < -0.4 is 0 Å². The first kappa shape index (κ1) is 14.9. The molecule has 0 saturated heterocycles. The molecule has 0 aliphatic carbocycles. The van der Waals surface area contributed by atoms with Gasteiger partial charge in [0.2, 0.25) is 0 Å². The van der Waals surface area contributed by atoms with E-state index in [9.17, 15) is 18.0 Å². The van der Waals surface area contributed by atoms with Gasteiger partial charge in [0, 0.05) is 24.8 Å². The van der Waals surface area contributed by atoms with Crippen molar-refractivity contribution in [2.24, 2.45) is 0 Å². The average molecular weight is 291 g/mol. The zero-order chi connectivity index (χ0) is 11.7. The second kappa shape index (κ2) is 8.10. The molecule has 0 spiro atoms. The summed E-state index contributed by atoms with van der Waals surface area (Å²) >= 11 is 3.19. The van der Waals surface area contributed by atoms with Gasteiger partial charge in [-0.3, -0.25) is 4.79 Å². The molecule has 0 N–H and O–H groups in total. The van der Waals surface area contributed by atoms with E-state index in [4.69, 9.17) is 0 Å². The monoisotopic (exact) mass is 290 g/mol. The van der Waals surface area contributed by atoms with E-state index in [0.717, 1.165) is 11.8 Å². The minimum Gasteiger partial charge on any atom is -0.372 e. The number of hydrogen-bond donors (Lipinski definition) is 0. The molecule has 90 valence electrons. The van der Waals surface area contributed by atoms with E-state index in [-0.39, 0.29) is 12.4 Å². The fourth-order valence-corrected chi connectivity index (χ4v) is 1.23. The molecule has 0 amide bonds. The Bertz CT molecular complexity index is 183. The average Bonchev–Trinajstić information content (AvgIpc) is 2.12. The summed E-state index contributed by atoms with van der Waals surface area (Å²) in [6, 6.07) is 0. The zero-order valence-electron chi connectivity index (χ0n) is 8.28. The molecule has 0 aliphatic heterocycles. The van der Waals surface area contributed by atoms with Gasteiger partial charge in [-0.05, 0) is 12.8 Å². The summed E-state index contributed by atoms with van der Waals surface area (Å²) < 4.78 is 39.2. The molecule has 0 fully saturated rings. The minimum absolute atomic E-state index is 0.0143. The maximum Gasteiger partial charge on any atom is 0.411 e. The number of carbonyl (C=O) groups excluding carboxylic acids is 1. The summed E-state index contributed by atoms with van der Waals surface area (Å²) in [4.78, 5) is 11.1. The van der Waals surface area contributed by atoms with Crippen LogP contribution in [0.4, 0.5) is 13.2 Å². The Balaban J connectivity index is 3.27. The lowest BCUT2D eigenvalue weighted by Crippen LogP contribution is -2.17. The lowest BCUT2D eigenvalue weighted by Gasteiger charge is -2.06. The Morgan fingerprint density at radius 2 is 1.80 bits per heavy atom. The predicted octanol–water partition coefficient (Wildman–Crippen LogP) is 3.09. The molecule has 0 unspecified atom stereocenters.